The van der Waals surface area contributed by atoms with Crippen LogP contribution >= 0.6 is 0 Å². The predicted molar refractivity (Wildman–Crippen MR) is 119 cm³/mol. The topological polar surface area (TPSA) is 77.1 Å². The molecule has 0 bridgehead atoms. The lowest BCUT2D eigenvalue weighted by atomic mass is 10.0. The maximum atomic E-state index is 13.2. The second kappa shape index (κ2) is 9.04. The van der Waals surface area contributed by atoms with Crippen LogP contribution in [-0.2, 0) is 6.42 Å². The van der Waals surface area contributed by atoms with E-state index in [0.717, 1.165) is 43.6 Å². The Hall–Kier alpha value is -2.96. The van der Waals surface area contributed by atoms with Gasteiger partial charge in [0.2, 0.25) is 5.89 Å². The molecule has 0 unspecified atom stereocenters. The smallest absolute Gasteiger partial charge is 0.268 e. The third-order valence-electron chi connectivity index (χ3n) is 5.91. The largest absolute Gasteiger partial charge is 0.420 e. The van der Waals surface area contributed by atoms with Gasteiger partial charge in [0, 0.05) is 30.8 Å². The van der Waals surface area contributed by atoms with Crippen molar-refractivity contribution < 1.29 is 9.21 Å². The molecule has 1 aliphatic heterocycles. The maximum absolute atomic E-state index is 13.2. The number of nitrogens with zero attached hydrogens (tertiary/aromatic N) is 5. The normalized spacial score (nSPS) is 16.8. The highest BCUT2D eigenvalue weighted by Crippen LogP contribution is 2.24. The fraction of sp³-hybridized carbons (Fsp3) is 0.500. The Morgan fingerprint density at radius 1 is 1.23 bits per heavy atom. The van der Waals surface area contributed by atoms with Crippen molar-refractivity contribution in [2.45, 2.75) is 65.8 Å². The maximum Gasteiger partial charge on any atom is 0.268 e. The van der Waals surface area contributed by atoms with Crippen LogP contribution in [0.4, 0.5) is 0 Å². The summed E-state index contributed by atoms with van der Waals surface area (Å²) in [5.74, 6) is 1.59. The number of amides is 1. The van der Waals surface area contributed by atoms with E-state index in [4.69, 9.17) is 9.52 Å². The SMILES string of the molecule is Cc1nnc(-c2cc(CCC(C)C)n(-c3cccc(C(=O)N4CCCC[C@@H]4C)c3)n2)o1. The van der Waals surface area contributed by atoms with Gasteiger partial charge in [-0.25, -0.2) is 4.68 Å². The second-order valence-corrected chi connectivity index (χ2v) is 8.89. The number of carbonyl (C=O) groups excluding carboxylic acids is 1. The van der Waals surface area contributed by atoms with E-state index in [2.05, 4.69) is 31.0 Å². The minimum Gasteiger partial charge on any atom is -0.420 e. The molecule has 0 aliphatic carbocycles. The van der Waals surface area contributed by atoms with E-state index in [0.29, 0.717) is 29.0 Å². The van der Waals surface area contributed by atoms with E-state index in [9.17, 15) is 4.79 Å². The monoisotopic (exact) mass is 421 g/mol. The molecule has 0 radical (unpaired) electrons. The first-order valence-electron chi connectivity index (χ1n) is 11.2. The number of aryl methyl sites for hydroxylation is 2. The molecule has 0 N–H and O–H groups in total. The summed E-state index contributed by atoms with van der Waals surface area (Å²) in [6.07, 6.45) is 5.24. The van der Waals surface area contributed by atoms with Gasteiger partial charge in [-0.05, 0) is 69.2 Å². The van der Waals surface area contributed by atoms with Crippen LogP contribution in [0.3, 0.4) is 0 Å². The van der Waals surface area contributed by atoms with Gasteiger partial charge < -0.3 is 9.32 Å². The molecule has 1 aromatic carbocycles. The van der Waals surface area contributed by atoms with Gasteiger partial charge in [0.15, 0.2) is 0 Å². The number of piperidine rings is 1. The van der Waals surface area contributed by atoms with E-state index >= 15 is 0 Å². The number of hydrogen-bond donors (Lipinski definition) is 0. The zero-order valence-corrected chi connectivity index (χ0v) is 18.8. The summed E-state index contributed by atoms with van der Waals surface area (Å²) in [5, 5.41) is 12.8. The van der Waals surface area contributed by atoms with E-state index in [-0.39, 0.29) is 11.9 Å². The number of likely N-dealkylation sites (tertiary alicyclic amines) is 1. The van der Waals surface area contributed by atoms with Crippen LogP contribution in [0, 0.1) is 12.8 Å². The van der Waals surface area contributed by atoms with Crippen molar-refractivity contribution in [1.29, 1.82) is 0 Å². The zero-order chi connectivity index (χ0) is 22.0. The fourth-order valence-electron chi connectivity index (χ4n) is 4.10. The summed E-state index contributed by atoms with van der Waals surface area (Å²) in [7, 11) is 0. The Bertz CT molecular complexity index is 1050. The molecule has 7 heteroatoms. The first-order chi connectivity index (χ1) is 14.9. The first kappa shape index (κ1) is 21.3. The highest BCUT2D eigenvalue weighted by Gasteiger charge is 2.25. The van der Waals surface area contributed by atoms with E-state index in [1.807, 2.05) is 39.9 Å². The van der Waals surface area contributed by atoms with Gasteiger partial charge in [-0.15, -0.1) is 10.2 Å². The molecular formula is C24H31N5O2. The third-order valence-corrected chi connectivity index (χ3v) is 5.91. The number of benzene rings is 1. The number of carbonyl (C=O) groups is 1. The number of aromatic nitrogens is 4. The van der Waals surface area contributed by atoms with Crippen molar-refractivity contribution in [3.05, 3.63) is 47.5 Å². The van der Waals surface area contributed by atoms with Crippen LogP contribution in [0.25, 0.3) is 17.3 Å². The number of rotatable bonds is 6. The van der Waals surface area contributed by atoms with Gasteiger partial charge in [0.1, 0.15) is 5.69 Å². The zero-order valence-electron chi connectivity index (χ0n) is 18.8. The minimum atomic E-state index is 0.0951. The van der Waals surface area contributed by atoms with Crippen molar-refractivity contribution in [3.8, 4) is 17.3 Å². The Morgan fingerprint density at radius 2 is 2.06 bits per heavy atom. The molecule has 4 rings (SSSR count). The Morgan fingerprint density at radius 3 is 2.77 bits per heavy atom. The highest BCUT2D eigenvalue weighted by molar-refractivity contribution is 5.95. The Kier molecular flexibility index (Phi) is 6.20. The lowest BCUT2D eigenvalue weighted by molar-refractivity contribution is 0.0635. The predicted octanol–water partition coefficient (Wildman–Crippen LogP) is 4.83. The first-order valence-corrected chi connectivity index (χ1v) is 11.2. The summed E-state index contributed by atoms with van der Waals surface area (Å²) in [5.41, 5.74) is 3.29. The molecule has 164 valence electrons. The molecule has 0 saturated carbocycles. The van der Waals surface area contributed by atoms with Gasteiger partial charge in [0.05, 0.1) is 5.69 Å². The molecule has 1 amide bonds. The molecule has 0 spiro atoms. The van der Waals surface area contributed by atoms with Crippen LogP contribution in [0.2, 0.25) is 0 Å². The van der Waals surface area contributed by atoms with Crippen molar-refractivity contribution in [2.24, 2.45) is 5.92 Å². The Labute approximate surface area is 183 Å². The van der Waals surface area contributed by atoms with Gasteiger partial charge in [0.25, 0.3) is 11.8 Å². The average molecular weight is 422 g/mol. The van der Waals surface area contributed by atoms with Gasteiger partial charge in [-0.1, -0.05) is 19.9 Å². The highest BCUT2D eigenvalue weighted by atomic mass is 16.4. The summed E-state index contributed by atoms with van der Waals surface area (Å²) in [6, 6.07) is 10.1. The molecule has 1 atom stereocenters. The van der Waals surface area contributed by atoms with Crippen LogP contribution in [0.15, 0.2) is 34.7 Å². The van der Waals surface area contributed by atoms with Crippen molar-refractivity contribution in [2.75, 3.05) is 6.54 Å². The van der Waals surface area contributed by atoms with Gasteiger partial charge in [-0.2, -0.15) is 5.10 Å². The van der Waals surface area contributed by atoms with Gasteiger partial charge in [-0.3, -0.25) is 4.79 Å². The average Bonchev–Trinajstić information content (AvgIpc) is 3.38. The minimum absolute atomic E-state index is 0.0951. The lowest BCUT2D eigenvalue weighted by Crippen LogP contribution is -2.42. The van der Waals surface area contributed by atoms with Crippen molar-refractivity contribution in [1.82, 2.24) is 24.9 Å². The summed E-state index contributed by atoms with van der Waals surface area (Å²) in [4.78, 5) is 15.2. The molecule has 1 saturated heterocycles. The molecule has 3 heterocycles. The molecule has 3 aromatic rings. The third kappa shape index (κ3) is 4.70. The van der Waals surface area contributed by atoms with E-state index < -0.39 is 0 Å². The van der Waals surface area contributed by atoms with Crippen LogP contribution in [0.1, 0.15) is 68.4 Å². The molecular weight excluding hydrogens is 390 g/mol. The molecule has 1 aliphatic rings. The number of hydrogen-bond acceptors (Lipinski definition) is 5. The summed E-state index contributed by atoms with van der Waals surface area (Å²) < 4.78 is 7.50. The Balaban J connectivity index is 1.68. The molecule has 7 nitrogen and oxygen atoms in total. The molecule has 1 fully saturated rings. The fourth-order valence-corrected chi connectivity index (χ4v) is 4.10. The summed E-state index contributed by atoms with van der Waals surface area (Å²) in [6.45, 7) is 9.15. The standard InChI is InChI=1S/C24H31N5O2/c1-16(2)11-12-21-15-22(23-26-25-18(4)31-23)27-29(21)20-10-7-9-19(14-20)24(30)28-13-6-5-8-17(28)3/h7,9-10,14-17H,5-6,8,11-13H2,1-4H3/t17-/m0/s1. The van der Waals surface area contributed by atoms with Gasteiger partial charge >= 0.3 is 0 Å². The van der Waals surface area contributed by atoms with E-state index in [1.165, 1.54) is 6.42 Å². The van der Waals surface area contributed by atoms with Crippen LogP contribution < -0.4 is 0 Å². The van der Waals surface area contributed by atoms with E-state index in [1.54, 1.807) is 6.92 Å². The van der Waals surface area contributed by atoms with Crippen molar-refractivity contribution in [3.63, 3.8) is 0 Å². The molecule has 2 aromatic heterocycles. The van der Waals surface area contributed by atoms with Crippen LogP contribution in [-0.4, -0.2) is 43.4 Å². The molecule has 31 heavy (non-hydrogen) atoms. The lowest BCUT2D eigenvalue weighted by Gasteiger charge is -2.33. The summed E-state index contributed by atoms with van der Waals surface area (Å²) >= 11 is 0. The second-order valence-electron chi connectivity index (χ2n) is 8.89. The van der Waals surface area contributed by atoms with Crippen LogP contribution in [0.5, 0.6) is 0 Å². The van der Waals surface area contributed by atoms with Crippen molar-refractivity contribution >= 4 is 5.91 Å². The quantitative estimate of drug-likeness (QED) is 0.569.